The molecular weight excluding hydrogens is 281 g/mol. The summed E-state index contributed by atoms with van der Waals surface area (Å²) in [5.74, 6) is -0.933. The van der Waals surface area contributed by atoms with Crippen LogP contribution in [0, 0.1) is 10.7 Å². The summed E-state index contributed by atoms with van der Waals surface area (Å²) in [6.07, 6.45) is 2.77. The number of carbonyl (C=O) groups is 1. The summed E-state index contributed by atoms with van der Waals surface area (Å²) in [7, 11) is 0. The first kappa shape index (κ1) is 16.4. The van der Waals surface area contributed by atoms with E-state index in [0.29, 0.717) is 5.56 Å². The second kappa shape index (κ2) is 7.25. The van der Waals surface area contributed by atoms with Crippen molar-refractivity contribution in [3.8, 4) is 0 Å². The van der Waals surface area contributed by atoms with Gasteiger partial charge in [-0.2, -0.15) is 0 Å². The average Bonchev–Trinajstić information content (AvgIpc) is 2.88. The van der Waals surface area contributed by atoms with E-state index < -0.39 is 17.8 Å². The van der Waals surface area contributed by atoms with Gasteiger partial charge in [0.25, 0.3) is 5.82 Å². The molecule has 2 aromatic rings. The Balaban J connectivity index is 0.00000220. The van der Waals surface area contributed by atoms with E-state index in [4.69, 9.17) is 4.74 Å². The zero-order valence-corrected chi connectivity index (χ0v) is 11.2. The van der Waals surface area contributed by atoms with Crippen molar-refractivity contribution < 1.29 is 24.0 Å². The Morgan fingerprint density at radius 3 is 2.86 bits per heavy atom. The molecular formula is C13H14FN3O4. The number of H-pyrrole nitrogens is 1. The summed E-state index contributed by atoms with van der Waals surface area (Å²) in [6, 6.07) is 4.76. The number of esters is 1. The lowest BCUT2D eigenvalue weighted by Crippen LogP contribution is -2.43. The van der Waals surface area contributed by atoms with E-state index in [1.54, 1.807) is 13.0 Å². The zero-order valence-electron chi connectivity index (χ0n) is 11.2. The summed E-state index contributed by atoms with van der Waals surface area (Å²) < 4.78 is 19.7. The van der Waals surface area contributed by atoms with Crippen LogP contribution in [0.2, 0.25) is 0 Å². The number of carbonyl (C=O) groups excluding carboxylic acids is 1. The maximum atomic E-state index is 13.3. The molecule has 8 heteroatoms. The largest absolute Gasteiger partial charge is 0.870 e. The van der Waals surface area contributed by atoms with Crippen LogP contribution in [-0.4, -0.2) is 23.0 Å². The van der Waals surface area contributed by atoms with Crippen LogP contribution in [0.15, 0.2) is 42.0 Å². The molecule has 7 nitrogen and oxygen atoms in total. The molecule has 1 aromatic heterocycles. The maximum Gasteiger partial charge on any atom is 0.356 e. The number of imidazole rings is 1. The summed E-state index contributed by atoms with van der Waals surface area (Å²) in [5, 5.41) is 2.74. The van der Waals surface area contributed by atoms with Gasteiger partial charge in [-0.15, -0.1) is 4.91 Å². The number of aromatic amines is 1. The molecule has 1 heterocycles. The number of nitrogens with zero attached hydrogens (tertiary/aromatic N) is 2. The van der Waals surface area contributed by atoms with Crippen LogP contribution in [-0.2, 0) is 9.53 Å². The topological polar surface area (TPSA) is 105 Å². The Morgan fingerprint density at radius 1 is 1.52 bits per heavy atom. The van der Waals surface area contributed by atoms with Crippen LogP contribution in [0.3, 0.4) is 0 Å². The molecule has 0 saturated heterocycles. The minimum absolute atomic E-state index is 0. The lowest BCUT2D eigenvalue weighted by Gasteiger charge is -2.12. The summed E-state index contributed by atoms with van der Waals surface area (Å²) >= 11 is 0. The van der Waals surface area contributed by atoms with E-state index in [9.17, 15) is 14.1 Å². The molecule has 0 aliphatic heterocycles. The van der Waals surface area contributed by atoms with Crippen molar-refractivity contribution in [2.45, 2.75) is 13.0 Å². The minimum Gasteiger partial charge on any atom is -0.870 e. The third-order valence-corrected chi connectivity index (χ3v) is 2.70. The van der Waals surface area contributed by atoms with Crippen LogP contribution in [0.4, 0.5) is 10.2 Å². The molecule has 0 bridgehead atoms. The van der Waals surface area contributed by atoms with Gasteiger partial charge in [0.15, 0.2) is 6.20 Å². The Bertz CT molecular complexity index is 629. The molecule has 21 heavy (non-hydrogen) atoms. The van der Waals surface area contributed by atoms with E-state index in [0.717, 1.165) is 0 Å². The van der Waals surface area contributed by atoms with E-state index in [2.05, 4.69) is 10.2 Å². The van der Waals surface area contributed by atoms with E-state index in [-0.39, 0.29) is 17.9 Å². The highest BCUT2D eigenvalue weighted by molar-refractivity contribution is 5.76. The van der Waals surface area contributed by atoms with Gasteiger partial charge in [-0.25, -0.2) is 18.7 Å². The van der Waals surface area contributed by atoms with Crippen LogP contribution in [0.25, 0.3) is 0 Å². The van der Waals surface area contributed by atoms with Gasteiger partial charge in [0.05, 0.1) is 6.61 Å². The lowest BCUT2D eigenvalue weighted by atomic mass is 10.1. The minimum atomic E-state index is -0.877. The van der Waals surface area contributed by atoms with Crippen LogP contribution in [0.1, 0.15) is 18.5 Å². The van der Waals surface area contributed by atoms with Crippen molar-refractivity contribution in [2.75, 3.05) is 6.61 Å². The summed E-state index contributed by atoms with van der Waals surface area (Å²) in [5.41, 5.74) is 0.421. The molecule has 112 valence electrons. The van der Waals surface area contributed by atoms with Gasteiger partial charge >= 0.3 is 5.97 Å². The summed E-state index contributed by atoms with van der Waals surface area (Å²) in [6.45, 7) is 1.88. The number of halogens is 1. The van der Waals surface area contributed by atoms with Gasteiger partial charge in [0.1, 0.15) is 5.82 Å². The molecule has 1 unspecified atom stereocenters. The van der Waals surface area contributed by atoms with Gasteiger partial charge in [-0.1, -0.05) is 12.1 Å². The van der Waals surface area contributed by atoms with Crippen LogP contribution in [0.5, 0.6) is 0 Å². The predicted molar refractivity (Wildman–Crippen MR) is 69.6 cm³/mol. The molecule has 0 radical (unpaired) electrons. The van der Waals surface area contributed by atoms with Crippen molar-refractivity contribution in [3.63, 3.8) is 0 Å². The molecule has 2 rings (SSSR count). The standard InChI is InChI=1S/C13H12FN3O3.H2O/c1-2-20-13(18)12(9-4-3-5-10(14)6-9)17-7-11(16-19)15-8-17;/h3-8,12H,2H2,1H3;1H2. The Hall–Kier alpha value is -2.61. The highest BCUT2D eigenvalue weighted by atomic mass is 19.1. The fraction of sp³-hybridized carbons (Fsp3) is 0.231. The Kier molecular flexibility index (Phi) is 5.67. The number of hydrogen-bond donors (Lipinski definition) is 1. The number of nitrogens with one attached hydrogen (secondary N) is 1. The van der Waals surface area contributed by atoms with E-state index in [1.165, 1.54) is 35.3 Å². The molecule has 0 aliphatic rings. The number of benzene rings is 1. The number of hydrogen-bond acceptors (Lipinski definition) is 5. The van der Waals surface area contributed by atoms with Gasteiger partial charge < -0.3 is 10.2 Å². The number of nitroso groups, excluding NO2 is 1. The third-order valence-electron chi connectivity index (χ3n) is 2.70. The second-order valence-corrected chi connectivity index (χ2v) is 4.04. The van der Waals surface area contributed by atoms with Crippen molar-refractivity contribution >= 4 is 11.8 Å². The van der Waals surface area contributed by atoms with Crippen LogP contribution >= 0.6 is 0 Å². The molecule has 0 amide bonds. The molecule has 0 saturated carbocycles. The number of ether oxygens (including phenoxy) is 1. The molecule has 0 aliphatic carbocycles. The smallest absolute Gasteiger partial charge is 0.356 e. The SMILES string of the molecule is CCOC(=O)C(c1cccc(F)c1)[n+]1c[nH]c(N=O)c1.[OH-]. The lowest BCUT2D eigenvalue weighted by molar-refractivity contribution is -0.700. The van der Waals surface area contributed by atoms with Crippen molar-refractivity contribution in [2.24, 2.45) is 5.18 Å². The number of rotatable bonds is 5. The molecule has 2 N–H and O–H groups in total. The van der Waals surface area contributed by atoms with Gasteiger partial charge in [0.2, 0.25) is 12.4 Å². The predicted octanol–water partition coefficient (Wildman–Crippen LogP) is 1.81. The average molecular weight is 295 g/mol. The Labute approximate surface area is 119 Å². The maximum absolute atomic E-state index is 13.3. The van der Waals surface area contributed by atoms with Gasteiger partial charge in [-0.3, -0.25) is 0 Å². The molecule has 1 aromatic carbocycles. The van der Waals surface area contributed by atoms with E-state index >= 15 is 0 Å². The monoisotopic (exact) mass is 295 g/mol. The Morgan fingerprint density at radius 2 is 2.29 bits per heavy atom. The van der Waals surface area contributed by atoms with E-state index in [1.807, 2.05) is 0 Å². The van der Waals surface area contributed by atoms with Crippen molar-refractivity contribution in [3.05, 3.63) is 53.1 Å². The van der Waals surface area contributed by atoms with Crippen LogP contribution < -0.4 is 4.57 Å². The first-order valence-corrected chi connectivity index (χ1v) is 6.00. The van der Waals surface area contributed by atoms with Crippen molar-refractivity contribution in [1.29, 1.82) is 0 Å². The fourth-order valence-electron chi connectivity index (χ4n) is 1.88. The summed E-state index contributed by atoms with van der Waals surface area (Å²) in [4.78, 5) is 25.1. The fourth-order valence-corrected chi connectivity index (χ4v) is 1.88. The molecule has 0 spiro atoms. The van der Waals surface area contributed by atoms with Crippen molar-refractivity contribution in [1.82, 2.24) is 4.98 Å². The molecule has 0 fully saturated rings. The molecule has 1 atom stereocenters. The third kappa shape index (κ3) is 3.69. The highest BCUT2D eigenvalue weighted by Gasteiger charge is 2.29. The highest BCUT2D eigenvalue weighted by Crippen LogP contribution is 2.17. The normalized spacial score (nSPS) is 11.3. The first-order chi connectivity index (χ1) is 9.65. The number of aromatic nitrogens is 2. The first-order valence-electron chi connectivity index (χ1n) is 6.00. The second-order valence-electron chi connectivity index (χ2n) is 4.04. The van der Waals surface area contributed by atoms with Gasteiger partial charge in [-0.05, 0) is 19.1 Å². The zero-order chi connectivity index (χ0) is 14.5. The van der Waals surface area contributed by atoms with Gasteiger partial charge in [0, 0.05) is 10.7 Å². The quantitative estimate of drug-likeness (QED) is 0.516.